The number of benzene rings is 2. The molecule has 0 fully saturated rings. The Balaban J connectivity index is 2.11. The highest BCUT2D eigenvalue weighted by atomic mass is 79.9. The average molecular weight is 392 g/mol. The molecule has 0 aliphatic heterocycles. The molecule has 0 unspecified atom stereocenters. The zero-order valence-electron chi connectivity index (χ0n) is 13.4. The van der Waals surface area contributed by atoms with E-state index in [9.17, 15) is 9.90 Å². The predicted molar refractivity (Wildman–Crippen MR) is 97.6 cm³/mol. The number of halogens is 1. The van der Waals surface area contributed by atoms with Gasteiger partial charge in [0, 0.05) is 11.8 Å². The van der Waals surface area contributed by atoms with Crippen molar-refractivity contribution in [3.8, 4) is 17.2 Å². The van der Waals surface area contributed by atoms with Crippen molar-refractivity contribution >= 4 is 33.6 Å². The zero-order chi connectivity index (χ0) is 17.5. The zero-order valence-corrected chi connectivity index (χ0v) is 15.0. The van der Waals surface area contributed by atoms with E-state index in [2.05, 4.69) is 21.2 Å². The van der Waals surface area contributed by atoms with Crippen molar-refractivity contribution in [2.24, 2.45) is 0 Å². The lowest BCUT2D eigenvalue weighted by molar-refractivity contribution is -0.111. The van der Waals surface area contributed by atoms with Crippen LogP contribution < -0.4 is 14.8 Å². The van der Waals surface area contributed by atoms with Gasteiger partial charge in [0.1, 0.15) is 5.75 Å². The van der Waals surface area contributed by atoms with Crippen molar-refractivity contribution in [3.63, 3.8) is 0 Å². The molecule has 0 aliphatic carbocycles. The third-order valence-corrected chi connectivity index (χ3v) is 3.69. The quantitative estimate of drug-likeness (QED) is 0.571. The van der Waals surface area contributed by atoms with Gasteiger partial charge in [-0.3, -0.25) is 4.79 Å². The standard InChI is InChI=1S/C18H18BrNO4/c1-3-24-18-15(19)10-12(11-16(18)23-2)4-9-17(22)20-13-5-7-14(21)8-6-13/h4-11,21H,3H2,1-2H3,(H,20,22)/b9-4+. The number of carbonyl (C=O) groups is 1. The van der Waals surface area contributed by atoms with Crippen LogP contribution in [0.25, 0.3) is 6.08 Å². The minimum atomic E-state index is -0.273. The van der Waals surface area contributed by atoms with Gasteiger partial charge in [-0.05, 0) is 70.9 Å². The summed E-state index contributed by atoms with van der Waals surface area (Å²) in [5, 5.41) is 11.9. The Hall–Kier alpha value is -2.47. The first-order valence-corrected chi connectivity index (χ1v) is 8.11. The Labute approximate surface area is 149 Å². The molecule has 0 saturated carbocycles. The molecule has 2 aromatic carbocycles. The predicted octanol–water partition coefficient (Wildman–Crippen LogP) is 4.21. The Bertz CT molecular complexity index is 741. The SMILES string of the molecule is CCOc1c(Br)cc(/C=C/C(=O)Nc2ccc(O)cc2)cc1OC. The maximum absolute atomic E-state index is 12.0. The van der Waals surface area contributed by atoms with E-state index in [0.29, 0.717) is 23.8 Å². The van der Waals surface area contributed by atoms with E-state index < -0.39 is 0 Å². The number of hydrogen-bond acceptors (Lipinski definition) is 4. The fraction of sp³-hybridized carbons (Fsp3) is 0.167. The molecule has 2 aromatic rings. The van der Waals surface area contributed by atoms with Crippen LogP contribution in [0.2, 0.25) is 0 Å². The molecule has 2 rings (SSSR count). The van der Waals surface area contributed by atoms with Crippen molar-refractivity contribution < 1.29 is 19.4 Å². The van der Waals surface area contributed by atoms with Gasteiger partial charge in [0.2, 0.25) is 5.91 Å². The van der Waals surface area contributed by atoms with Gasteiger partial charge in [-0.2, -0.15) is 0 Å². The first-order chi connectivity index (χ1) is 11.5. The van der Waals surface area contributed by atoms with Gasteiger partial charge >= 0.3 is 0 Å². The minimum Gasteiger partial charge on any atom is -0.508 e. The topological polar surface area (TPSA) is 67.8 Å². The summed E-state index contributed by atoms with van der Waals surface area (Å²) in [6.07, 6.45) is 3.10. The van der Waals surface area contributed by atoms with Crippen LogP contribution in [0, 0.1) is 0 Å². The summed E-state index contributed by atoms with van der Waals surface area (Å²) in [5.74, 6) is 1.09. The fourth-order valence-corrected chi connectivity index (χ4v) is 2.60. The summed E-state index contributed by atoms with van der Waals surface area (Å²) in [4.78, 5) is 12.0. The van der Waals surface area contributed by atoms with Crippen molar-refractivity contribution in [1.82, 2.24) is 0 Å². The number of amides is 1. The Morgan fingerprint density at radius 3 is 2.62 bits per heavy atom. The first kappa shape index (κ1) is 17.9. The number of nitrogens with one attached hydrogen (secondary N) is 1. The number of carbonyl (C=O) groups excluding carboxylic acids is 1. The van der Waals surface area contributed by atoms with Crippen LogP contribution in [0.3, 0.4) is 0 Å². The third kappa shape index (κ3) is 4.76. The van der Waals surface area contributed by atoms with E-state index in [0.717, 1.165) is 10.0 Å². The molecule has 0 bridgehead atoms. The fourth-order valence-electron chi connectivity index (χ4n) is 2.02. The monoisotopic (exact) mass is 391 g/mol. The number of ether oxygens (including phenoxy) is 2. The molecule has 0 heterocycles. The molecule has 0 saturated heterocycles. The van der Waals surface area contributed by atoms with E-state index in [-0.39, 0.29) is 11.7 Å². The van der Waals surface area contributed by atoms with Crippen molar-refractivity contribution in [2.75, 3.05) is 19.0 Å². The van der Waals surface area contributed by atoms with Crippen LogP contribution in [0.15, 0.2) is 46.9 Å². The maximum atomic E-state index is 12.0. The number of anilines is 1. The van der Waals surface area contributed by atoms with Crippen LogP contribution in [-0.2, 0) is 4.79 Å². The Kier molecular flexibility index (Phi) is 6.26. The number of aromatic hydroxyl groups is 1. The smallest absolute Gasteiger partial charge is 0.248 e. The first-order valence-electron chi connectivity index (χ1n) is 7.32. The van der Waals surface area contributed by atoms with Gasteiger partial charge in [0.25, 0.3) is 0 Å². The summed E-state index contributed by atoms with van der Waals surface area (Å²) in [6, 6.07) is 9.90. The summed E-state index contributed by atoms with van der Waals surface area (Å²) < 4.78 is 11.6. The van der Waals surface area contributed by atoms with Crippen LogP contribution in [0.1, 0.15) is 12.5 Å². The highest BCUT2D eigenvalue weighted by Gasteiger charge is 2.10. The number of phenols is 1. The number of phenolic OH excluding ortho intramolecular Hbond substituents is 1. The Morgan fingerprint density at radius 1 is 1.29 bits per heavy atom. The summed E-state index contributed by atoms with van der Waals surface area (Å²) in [6.45, 7) is 2.42. The molecule has 126 valence electrons. The molecule has 2 N–H and O–H groups in total. The van der Waals surface area contributed by atoms with Crippen molar-refractivity contribution in [3.05, 3.63) is 52.5 Å². The second-order valence-corrected chi connectivity index (χ2v) is 5.69. The molecule has 0 spiro atoms. The number of hydrogen-bond donors (Lipinski definition) is 2. The highest BCUT2D eigenvalue weighted by molar-refractivity contribution is 9.10. The summed E-state index contributed by atoms with van der Waals surface area (Å²) >= 11 is 3.44. The molecule has 0 aliphatic rings. The number of rotatable bonds is 6. The molecule has 24 heavy (non-hydrogen) atoms. The summed E-state index contributed by atoms with van der Waals surface area (Å²) in [7, 11) is 1.56. The number of methoxy groups -OCH3 is 1. The molecule has 5 nitrogen and oxygen atoms in total. The normalized spacial score (nSPS) is 10.6. The van der Waals surface area contributed by atoms with E-state index in [1.165, 1.54) is 18.2 Å². The molecule has 0 aromatic heterocycles. The van der Waals surface area contributed by atoms with E-state index in [1.807, 2.05) is 13.0 Å². The molecular weight excluding hydrogens is 374 g/mol. The van der Waals surface area contributed by atoms with Crippen LogP contribution in [0.5, 0.6) is 17.2 Å². The van der Waals surface area contributed by atoms with E-state index in [1.54, 1.807) is 31.4 Å². The lowest BCUT2D eigenvalue weighted by Gasteiger charge is -2.12. The Morgan fingerprint density at radius 2 is 2.00 bits per heavy atom. The van der Waals surface area contributed by atoms with Gasteiger partial charge in [0.05, 0.1) is 18.2 Å². The van der Waals surface area contributed by atoms with Crippen LogP contribution in [-0.4, -0.2) is 24.7 Å². The van der Waals surface area contributed by atoms with Gasteiger partial charge in [-0.15, -0.1) is 0 Å². The highest BCUT2D eigenvalue weighted by Crippen LogP contribution is 2.37. The van der Waals surface area contributed by atoms with E-state index >= 15 is 0 Å². The molecule has 6 heteroatoms. The van der Waals surface area contributed by atoms with Crippen molar-refractivity contribution in [2.45, 2.75) is 6.92 Å². The van der Waals surface area contributed by atoms with Gasteiger partial charge in [0.15, 0.2) is 11.5 Å². The summed E-state index contributed by atoms with van der Waals surface area (Å²) in [5.41, 5.74) is 1.40. The lowest BCUT2D eigenvalue weighted by atomic mass is 10.2. The average Bonchev–Trinajstić information content (AvgIpc) is 2.57. The molecular formula is C18H18BrNO4. The molecule has 1 amide bonds. The maximum Gasteiger partial charge on any atom is 0.248 e. The minimum absolute atomic E-state index is 0.148. The third-order valence-electron chi connectivity index (χ3n) is 3.10. The lowest BCUT2D eigenvalue weighted by Crippen LogP contribution is -2.07. The van der Waals surface area contributed by atoms with Crippen LogP contribution in [0.4, 0.5) is 5.69 Å². The van der Waals surface area contributed by atoms with E-state index in [4.69, 9.17) is 9.47 Å². The molecule has 0 radical (unpaired) electrons. The van der Waals surface area contributed by atoms with Gasteiger partial charge in [-0.25, -0.2) is 0 Å². The second-order valence-electron chi connectivity index (χ2n) is 4.84. The largest absolute Gasteiger partial charge is 0.508 e. The van der Waals surface area contributed by atoms with Gasteiger partial charge < -0.3 is 19.9 Å². The van der Waals surface area contributed by atoms with Gasteiger partial charge in [-0.1, -0.05) is 0 Å². The van der Waals surface area contributed by atoms with Crippen LogP contribution >= 0.6 is 15.9 Å². The molecule has 0 atom stereocenters. The second kappa shape index (κ2) is 8.40. The van der Waals surface area contributed by atoms with Crippen molar-refractivity contribution in [1.29, 1.82) is 0 Å².